The van der Waals surface area contributed by atoms with Crippen molar-refractivity contribution < 1.29 is 25.2 Å². The lowest BCUT2D eigenvalue weighted by Crippen LogP contribution is -2.53. The molecule has 4 N–H and O–H groups in total. The molecule has 0 aliphatic heterocycles. The Labute approximate surface area is 62.9 Å². The van der Waals surface area contributed by atoms with Gasteiger partial charge in [0.05, 0.1) is 6.10 Å². The van der Waals surface area contributed by atoms with Crippen molar-refractivity contribution in [2.75, 3.05) is 0 Å². The summed E-state index contributed by atoms with van der Waals surface area (Å²) in [6, 6.07) is 0. The highest BCUT2D eigenvalue weighted by Crippen LogP contribution is 2.16. The molecule has 0 amide bonds. The number of carbonyl (C=O) groups is 1. The molecule has 0 bridgehead atoms. The van der Waals surface area contributed by atoms with E-state index in [9.17, 15) is 4.79 Å². The molecule has 0 radical (unpaired) electrons. The quantitative estimate of drug-likeness (QED) is 0.313. The molecule has 3 unspecified atom stereocenters. The van der Waals surface area contributed by atoms with Crippen LogP contribution in [0.5, 0.6) is 0 Å². The first-order valence-corrected chi connectivity index (χ1v) is 3.30. The molecule has 5 nitrogen and oxygen atoms in total. The van der Waals surface area contributed by atoms with Gasteiger partial charge in [-0.2, -0.15) is 0 Å². The number of ketones is 1. The molecule has 0 aromatic heterocycles. The Hall–Kier alpha value is -0.490. The summed E-state index contributed by atoms with van der Waals surface area (Å²) in [7, 11) is 0. The Morgan fingerprint density at radius 2 is 1.73 bits per heavy atom. The average Bonchev–Trinajstić information content (AvgIpc) is 1.97. The fourth-order valence-corrected chi connectivity index (χ4v) is 1.06. The fraction of sp³-hybridized carbons (Fsp3) is 0.833. The third kappa shape index (κ3) is 1.41. The molecule has 0 aromatic carbocycles. The van der Waals surface area contributed by atoms with Crippen molar-refractivity contribution >= 4 is 5.78 Å². The minimum absolute atomic E-state index is 0.211. The van der Waals surface area contributed by atoms with Crippen LogP contribution in [0.1, 0.15) is 6.42 Å². The second kappa shape index (κ2) is 2.86. The lowest BCUT2D eigenvalue weighted by Gasteiger charge is -2.29. The van der Waals surface area contributed by atoms with E-state index in [1.807, 2.05) is 0 Å². The van der Waals surface area contributed by atoms with Crippen LogP contribution in [0.2, 0.25) is 0 Å². The van der Waals surface area contributed by atoms with Crippen molar-refractivity contribution in [3.05, 3.63) is 0 Å². The molecule has 64 valence electrons. The Kier molecular flexibility index (Phi) is 2.24. The zero-order chi connectivity index (χ0) is 8.59. The number of Topliss-reactive ketones (excluding diaryl/α,β-unsaturated/α-hetero) is 1. The summed E-state index contributed by atoms with van der Waals surface area (Å²) in [6.07, 6.45) is -5.92. The van der Waals surface area contributed by atoms with Crippen molar-refractivity contribution in [2.24, 2.45) is 0 Å². The first-order valence-electron chi connectivity index (χ1n) is 3.30. The van der Waals surface area contributed by atoms with Crippen LogP contribution in [0.4, 0.5) is 0 Å². The van der Waals surface area contributed by atoms with Crippen molar-refractivity contribution in [1.29, 1.82) is 0 Å². The standard InChI is InChI=1S/C6H10O5/c7-2-1-3(8)5(10)6(11)4(2)9/h2-4,6-9,11H,1H2/t2-,3?,4?,6?/m0/s1. The predicted molar refractivity (Wildman–Crippen MR) is 33.7 cm³/mol. The highest BCUT2D eigenvalue weighted by molar-refractivity contribution is 5.88. The van der Waals surface area contributed by atoms with E-state index in [1.54, 1.807) is 0 Å². The van der Waals surface area contributed by atoms with Crippen molar-refractivity contribution in [2.45, 2.75) is 30.8 Å². The Morgan fingerprint density at radius 3 is 2.27 bits per heavy atom. The second-order valence-corrected chi connectivity index (χ2v) is 2.66. The summed E-state index contributed by atoms with van der Waals surface area (Å²) < 4.78 is 0. The molecular formula is C6H10O5. The highest BCUT2D eigenvalue weighted by Gasteiger charge is 2.40. The number of aliphatic hydroxyl groups is 4. The van der Waals surface area contributed by atoms with Gasteiger partial charge in [-0.15, -0.1) is 0 Å². The molecule has 0 aromatic rings. The summed E-state index contributed by atoms with van der Waals surface area (Å²) in [5.74, 6) is -0.831. The summed E-state index contributed by atoms with van der Waals surface area (Å²) >= 11 is 0. The van der Waals surface area contributed by atoms with E-state index >= 15 is 0 Å². The first kappa shape index (κ1) is 8.61. The third-order valence-electron chi connectivity index (χ3n) is 1.80. The van der Waals surface area contributed by atoms with Gasteiger partial charge in [-0.05, 0) is 0 Å². The van der Waals surface area contributed by atoms with Crippen LogP contribution < -0.4 is 0 Å². The van der Waals surface area contributed by atoms with Gasteiger partial charge in [0.2, 0.25) is 0 Å². The third-order valence-corrected chi connectivity index (χ3v) is 1.80. The fourth-order valence-electron chi connectivity index (χ4n) is 1.06. The molecular weight excluding hydrogens is 152 g/mol. The summed E-state index contributed by atoms with van der Waals surface area (Å²) in [5, 5.41) is 35.5. The lowest BCUT2D eigenvalue weighted by molar-refractivity contribution is -0.160. The molecule has 0 heterocycles. The smallest absolute Gasteiger partial charge is 0.192 e. The van der Waals surface area contributed by atoms with Crippen molar-refractivity contribution in [3.63, 3.8) is 0 Å². The monoisotopic (exact) mass is 162 g/mol. The number of hydrogen-bond acceptors (Lipinski definition) is 5. The van der Waals surface area contributed by atoms with Gasteiger partial charge < -0.3 is 20.4 Å². The molecule has 0 saturated heterocycles. The van der Waals surface area contributed by atoms with Crippen LogP contribution in [0, 0.1) is 0 Å². The molecule has 4 atom stereocenters. The van der Waals surface area contributed by atoms with Crippen molar-refractivity contribution in [3.8, 4) is 0 Å². The van der Waals surface area contributed by atoms with Crippen LogP contribution in [0.15, 0.2) is 0 Å². The van der Waals surface area contributed by atoms with Gasteiger partial charge in [0, 0.05) is 6.42 Å². The number of rotatable bonds is 0. The summed E-state index contributed by atoms with van der Waals surface area (Å²) in [4.78, 5) is 10.7. The Bertz CT molecular complexity index is 168. The van der Waals surface area contributed by atoms with Crippen LogP contribution >= 0.6 is 0 Å². The predicted octanol–water partition coefficient (Wildman–Crippen LogP) is -2.60. The van der Waals surface area contributed by atoms with E-state index in [0.29, 0.717) is 0 Å². The largest absolute Gasteiger partial charge is 0.390 e. The Morgan fingerprint density at radius 1 is 1.18 bits per heavy atom. The van der Waals surface area contributed by atoms with E-state index in [0.717, 1.165) is 0 Å². The molecule has 11 heavy (non-hydrogen) atoms. The topological polar surface area (TPSA) is 98.0 Å². The van der Waals surface area contributed by atoms with E-state index in [2.05, 4.69) is 0 Å². The maximum absolute atomic E-state index is 10.7. The van der Waals surface area contributed by atoms with Gasteiger partial charge in [0.1, 0.15) is 18.3 Å². The Balaban J connectivity index is 2.70. The van der Waals surface area contributed by atoms with E-state index in [4.69, 9.17) is 20.4 Å². The van der Waals surface area contributed by atoms with E-state index in [-0.39, 0.29) is 6.42 Å². The molecule has 1 aliphatic rings. The van der Waals surface area contributed by atoms with Gasteiger partial charge in [-0.25, -0.2) is 0 Å². The molecule has 0 spiro atoms. The van der Waals surface area contributed by atoms with E-state index in [1.165, 1.54) is 0 Å². The SMILES string of the molecule is O=C1C(O)C[C@H](O)C(O)C1O. The van der Waals surface area contributed by atoms with Crippen LogP contribution in [-0.4, -0.2) is 50.6 Å². The maximum atomic E-state index is 10.7. The zero-order valence-electron chi connectivity index (χ0n) is 5.71. The summed E-state index contributed by atoms with van der Waals surface area (Å²) in [5.41, 5.74) is 0. The zero-order valence-corrected chi connectivity index (χ0v) is 5.71. The van der Waals surface area contributed by atoms with Crippen LogP contribution in [0.25, 0.3) is 0 Å². The maximum Gasteiger partial charge on any atom is 0.192 e. The highest BCUT2D eigenvalue weighted by atomic mass is 16.4. The van der Waals surface area contributed by atoms with Crippen LogP contribution in [0.3, 0.4) is 0 Å². The van der Waals surface area contributed by atoms with Gasteiger partial charge in [-0.3, -0.25) is 4.79 Å². The van der Waals surface area contributed by atoms with Gasteiger partial charge >= 0.3 is 0 Å². The van der Waals surface area contributed by atoms with Gasteiger partial charge in [-0.1, -0.05) is 0 Å². The molecule has 5 heteroatoms. The van der Waals surface area contributed by atoms with E-state index < -0.39 is 30.2 Å². The average molecular weight is 162 g/mol. The van der Waals surface area contributed by atoms with Crippen LogP contribution in [-0.2, 0) is 4.79 Å². The van der Waals surface area contributed by atoms with Crippen molar-refractivity contribution in [1.82, 2.24) is 0 Å². The lowest BCUT2D eigenvalue weighted by atomic mass is 9.89. The molecule has 1 rings (SSSR count). The molecule has 1 aliphatic carbocycles. The molecule has 1 saturated carbocycles. The minimum Gasteiger partial charge on any atom is -0.390 e. The second-order valence-electron chi connectivity index (χ2n) is 2.66. The number of aliphatic hydroxyl groups excluding tert-OH is 4. The minimum atomic E-state index is -1.66. The molecule has 1 fully saturated rings. The first-order chi connectivity index (χ1) is 5.04. The number of hydrogen-bond donors (Lipinski definition) is 4. The summed E-state index contributed by atoms with van der Waals surface area (Å²) in [6.45, 7) is 0. The van der Waals surface area contributed by atoms with Gasteiger partial charge in [0.25, 0.3) is 0 Å². The normalized spacial score (nSPS) is 46.0. The van der Waals surface area contributed by atoms with Gasteiger partial charge in [0.15, 0.2) is 5.78 Å². The number of carbonyl (C=O) groups excluding carboxylic acids is 1.